The fraction of sp³-hybridized carbons (Fsp3) is 0.635. The van der Waals surface area contributed by atoms with Gasteiger partial charge in [0.1, 0.15) is 18.0 Å². The maximum atomic E-state index is 16.0. The van der Waals surface area contributed by atoms with Gasteiger partial charge in [0, 0.05) is 52.2 Å². The molecule has 5 aromatic rings. The molecular weight excluding hydrogens is 1010 g/mol. The molecule has 7 saturated carbocycles. The van der Waals surface area contributed by atoms with Crippen LogP contribution in [0, 0.1) is 63.6 Å². The van der Waals surface area contributed by atoms with Gasteiger partial charge in [-0.3, -0.25) is 0 Å². The van der Waals surface area contributed by atoms with Gasteiger partial charge in [-0.25, -0.2) is 4.79 Å². The van der Waals surface area contributed by atoms with Gasteiger partial charge in [0.2, 0.25) is 5.79 Å². The molecule has 5 aliphatic heterocycles. The van der Waals surface area contributed by atoms with Crippen LogP contribution in [-0.2, 0) is 31.0 Å². The summed E-state index contributed by atoms with van der Waals surface area (Å²) in [6, 6.07) is 22.5. The molecule has 4 saturated heterocycles. The normalized spacial score (nSPS) is 46.3. The summed E-state index contributed by atoms with van der Waals surface area (Å²) in [6.45, 7) is -0.0119. The van der Waals surface area contributed by atoms with E-state index in [9.17, 15) is 25.5 Å². The highest BCUT2D eigenvalue weighted by atomic mass is 33.1. The van der Waals surface area contributed by atoms with E-state index in [0.717, 1.165) is 110 Å². The number of nitrogens with one attached hydrogen (secondary N) is 2. The summed E-state index contributed by atoms with van der Waals surface area (Å²) in [7, 11) is 5.88. The molecule has 4 aromatic carbocycles. The van der Waals surface area contributed by atoms with Crippen LogP contribution < -0.4 is 10.1 Å². The zero-order valence-electron chi connectivity index (χ0n) is 43.8. The van der Waals surface area contributed by atoms with Crippen LogP contribution in [0.4, 0.5) is 0 Å². The number of hydrogen-bond donors (Lipinski definition) is 7. The van der Waals surface area contributed by atoms with Crippen LogP contribution in [-0.4, -0.2) is 110 Å². The lowest BCUT2D eigenvalue weighted by Gasteiger charge is -2.72. The molecule has 0 amide bonds. The molecule has 20 atom stereocenters. The Morgan fingerprint density at radius 3 is 2.49 bits per heavy atom. The third-order valence-corrected chi connectivity index (χ3v) is 27.6. The van der Waals surface area contributed by atoms with Crippen molar-refractivity contribution in [3.63, 3.8) is 0 Å². The zero-order valence-corrected chi connectivity index (χ0v) is 45.5. The Kier molecular flexibility index (Phi) is 10.3. The van der Waals surface area contributed by atoms with E-state index in [2.05, 4.69) is 46.7 Å². The first kappa shape index (κ1) is 48.3. The minimum absolute atomic E-state index is 0.0442. The van der Waals surface area contributed by atoms with Crippen LogP contribution in [0.3, 0.4) is 0 Å². The molecule has 7 N–H and O–H groups in total. The smallest absolute Gasteiger partial charge is 0.343 e. The second kappa shape index (κ2) is 16.4. The standard InChI is InChI=1S/C63H72N2O10S2/c1-64-48-30-77-76-29-43-38-11-8-34-23-36-15-20-59(61(36,50(34)38)44-12-10-37(67)25-40(43)44)53(68)42(48)26-41-45-27-60-35(14-19-58(60)17-4-5-18-58)16-21-72-57(60)63(71)62(45,70)55(74-54(41)59)52(75-63)56(69)73-51-47(28-66)65-46-13-9-33-22-31-6-2-3-7-32(31)24-39(33)49(46)51/h2-3,6-7,9-10,12-13,22,24-25,34-36,38,41-43,45,48,50,52-55,57,64-68,70-71H,4-5,8,11,14-21,23,26-30H2,1H3. The van der Waals surface area contributed by atoms with Crippen LogP contribution >= 0.6 is 21.6 Å². The van der Waals surface area contributed by atoms with Crippen molar-refractivity contribution >= 4 is 60.0 Å². The van der Waals surface area contributed by atoms with Gasteiger partial charge < -0.3 is 54.8 Å². The molecule has 4 bridgehead atoms. The first-order valence-electron chi connectivity index (χ1n) is 29.6. The number of carbonyl (C=O) groups excluding carboxylic acids is 1. The summed E-state index contributed by atoms with van der Waals surface area (Å²) in [6.07, 6.45) is 8.08. The van der Waals surface area contributed by atoms with Crippen LogP contribution in [0.5, 0.6) is 11.5 Å². The van der Waals surface area contributed by atoms with Crippen LogP contribution in [0.25, 0.3) is 32.4 Å². The number of phenolic OH excluding ortho intramolecular Hbond substituents is 1. The zero-order chi connectivity index (χ0) is 51.8. The van der Waals surface area contributed by atoms with Gasteiger partial charge in [-0.2, -0.15) is 0 Å². The third-order valence-electron chi connectivity index (χ3n) is 25.1. The molecule has 0 radical (unpaired) electrons. The molecular formula is C63H72N2O10S2. The average Bonchev–Trinajstić information content (AvgIpc) is 3.05. The Bertz CT molecular complexity index is 3310. The van der Waals surface area contributed by atoms with Crippen LogP contribution in [0.2, 0.25) is 0 Å². The Labute approximate surface area is 456 Å². The van der Waals surface area contributed by atoms with E-state index >= 15 is 4.79 Å². The molecule has 6 heterocycles. The Hall–Kier alpha value is -3.41. The molecule has 14 heteroatoms. The summed E-state index contributed by atoms with van der Waals surface area (Å²) >= 11 is 0. The summed E-state index contributed by atoms with van der Waals surface area (Å²) < 4.78 is 29.0. The number of hydrogen-bond acceptors (Lipinski definition) is 13. The fourth-order valence-corrected chi connectivity index (χ4v) is 25.7. The van der Waals surface area contributed by atoms with Crippen molar-refractivity contribution in [2.24, 2.45) is 63.6 Å². The second-order valence-corrected chi connectivity index (χ2v) is 29.4. The third kappa shape index (κ3) is 5.62. The van der Waals surface area contributed by atoms with Gasteiger partial charge in [-0.1, -0.05) is 70.8 Å². The molecule has 406 valence electrons. The largest absolute Gasteiger partial charge is 0.508 e. The number of esters is 1. The highest BCUT2D eigenvalue weighted by Gasteiger charge is 2.88. The van der Waals surface area contributed by atoms with E-state index in [4.69, 9.17) is 18.9 Å². The Morgan fingerprint density at radius 2 is 1.66 bits per heavy atom. The van der Waals surface area contributed by atoms with Crippen LogP contribution in [0.1, 0.15) is 113 Å². The number of aromatic amines is 1. The number of H-pyrrole nitrogens is 1. The van der Waals surface area contributed by atoms with Crippen molar-refractivity contribution in [3.8, 4) is 11.5 Å². The van der Waals surface area contributed by atoms with Gasteiger partial charge in [0.25, 0.3) is 0 Å². The molecule has 13 aliphatic rings. The highest BCUT2D eigenvalue weighted by Crippen LogP contribution is 2.83. The average molecular weight is 1080 g/mol. The van der Waals surface area contributed by atoms with E-state index in [1.807, 2.05) is 59.0 Å². The number of aliphatic hydroxyl groups excluding tert-OH is 2. The summed E-state index contributed by atoms with van der Waals surface area (Å²) in [5, 5.41) is 74.0. The Morgan fingerprint density at radius 1 is 0.844 bits per heavy atom. The highest BCUT2D eigenvalue weighted by molar-refractivity contribution is 8.76. The summed E-state index contributed by atoms with van der Waals surface area (Å²) in [4.78, 5) is 19.4. The maximum absolute atomic E-state index is 16.0. The molecule has 11 fully saturated rings. The van der Waals surface area contributed by atoms with Gasteiger partial charge in [0.15, 0.2) is 17.5 Å². The van der Waals surface area contributed by atoms with Crippen LogP contribution in [0.15, 0.2) is 66.7 Å². The molecule has 20 unspecified atom stereocenters. The van der Waals surface area contributed by atoms with Crippen molar-refractivity contribution in [2.75, 3.05) is 25.2 Å². The monoisotopic (exact) mass is 1080 g/mol. The number of aromatic nitrogens is 1. The second-order valence-electron chi connectivity index (χ2n) is 26.8. The van der Waals surface area contributed by atoms with Crippen molar-refractivity contribution in [1.82, 2.24) is 10.3 Å². The van der Waals surface area contributed by atoms with E-state index in [0.29, 0.717) is 53.8 Å². The number of carbonyl (C=O) groups is 1. The van der Waals surface area contributed by atoms with Crippen molar-refractivity contribution in [3.05, 3.63) is 83.6 Å². The lowest BCUT2D eigenvalue weighted by atomic mass is 9.38. The molecule has 12 nitrogen and oxygen atoms in total. The molecule has 1 aromatic heterocycles. The maximum Gasteiger partial charge on any atom is 0.343 e. The number of phenols is 1. The predicted octanol–water partition coefficient (Wildman–Crippen LogP) is 9.39. The quantitative estimate of drug-likeness (QED) is 0.0514. The number of ether oxygens (including phenoxy) is 4. The van der Waals surface area contributed by atoms with Gasteiger partial charge in [-0.15, -0.1) is 0 Å². The predicted molar refractivity (Wildman–Crippen MR) is 294 cm³/mol. The van der Waals surface area contributed by atoms with E-state index in [1.165, 1.54) is 11.1 Å². The number of benzene rings is 4. The van der Waals surface area contributed by atoms with Gasteiger partial charge in [-0.05, 0) is 194 Å². The molecule has 18 rings (SSSR count). The molecule has 8 aliphatic carbocycles. The minimum atomic E-state index is -2.35. The lowest BCUT2D eigenvalue weighted by Crippen LogP contribution is -2.82. The summed E-state index contributed by atoms with van der Waals surface area (Å²) in [5.74, 6) is -0.125. The topological polar surface area (TPSA) is 183 Å². The first-order valence-corrected chi connectivity index (χ1v) is 32.1. The number of rotatable bonds is 4. The SMILES string of the molecule is CNC1CSSCC2c3cc(O)ccc3C34C(CCC35C(O)C1CC1C3CC67C(CCOC6C6(O)OC(C(=O)Oc8c(CO)[nH]c9ccc%10cc%11ccccc%11cc%10c89)C(OC15)C36O)CCC71CCCC1)CC1CCC2C14. The fourth-order valence-electron chi connectivity index (χ4n) is 22.9. The minimum Gasteiger partial charge on any atom is -0.508 e. The molecule has 77 heavy (non-hydrogen) atoms. The lowest BCUT2D eigenvalue weighted by molar-refractivity contribution is -0.415. The van der Waals surface area contributed by atoms with Crippen molar-refractivity contribution in [2.45, 2.75) is 156 Å². The van der Waals surface area contributed by atoms with Crippen molar-refractivity contribution in [1.29, 1.82) is 0 Å². The Balaban J connectivity index is 0.889. The van der Waals surface area contributed by atoms with E-state index in [-0.39, 0.29) is 52.5 Å². The van der Waals surface area contributed by atoms with E-state index in [1.54, 1.807) is 0 Å². The van der Waals surface area contributed by atoms with Gasteiger partial charge >= 0.3 is 5.97 Å². The number of aromatic hydroxyl groups is 1. The number of fused-ring (bicyclic) bond motifs is 11. The number of aliphatic hydroxyl groups is 4. The van der Waals surface area contributed by atoms with Gasteiger partial charge in [0.05, 0.1) is 35.4 Å². The summed E-state index contributed by atoms with van der Waals surface area (Å²) in [5.41, 5.74) is -0.601. The van der Waals surface area contributed by atoms with E-state index < -0.39 is 76.6 Å². The first-order chi connectivity index (χ1) is 37.5. The van der Waals surface area contributed by atoms with Crippen molar-refractivity contribution < 1.29 is 49.3 Å². The molecule has 4 spiro atoms.